The highest BCUT2D eigenvalue weighted by Crippen LogP contribution is 2.31. The second-order valence-corrected chi connectivity index (χ2v) is 6.17. The molecule has 0 fully saturated rings. The molecule has 0 aromatic carbocycles. The molecule has 0 atom stereocenters. The first kappa shape index (κ1) is 17.2. The van der Waals surface area contributed by atoms with Crippen molar-refractivity contribution >= 4 is 11.7 Å². The minimum absolute atomic E-state index is 0.0715. The van der Waals surface area contributed by atoms with Gasteiger partial charge in [0.25, 0.3) is 11.5 Å². The van der Waals surface area contributed by atoms with Crippen LogP contribution >= 0.6 is 0 Å². The van der Waals surface area contributed by atoms with Crippen molar-refractivity contribution < 1.29 is 9.53 Å². The van der Waals surface area contributed by atoms with Crippen LogP contribution in [0.25, 0.3) is 0 Å². The fourth-order valence-electron chi connectivity index (χ4n) is 3.44. The highest BCUT2D eigenvalue weighted by atomic mass is 16.5. The van der Waals surface area contributed by atoms with Crippen LogP contribution in [-0.4, -0.2) is 22.6 Å². The summed E-state index contributed by atoms with van der Waals surface area (Å²) in [6.07, 6.45) is 6.19. The number of carbonyl (C=O) groups excluding carboxylic acids is 1. The summed E-state index contributed by atoms with van der Waals surface area (Å²) in [4.78, 5) is 30.0. The van der Waals surface area contributed by atoms with Crippen LogP contribution in [0.2, 0.25) is 0 Å². The van der Waals surface area contributed by atoms with Gasteiger partial charge in [0.05, 0.1) is 7.11 Å². The zero-order valence-electron chi connectivity index (χ0n) is 14.7. The van der Waals surface area contributed by atoms with Crippen LogP contribution in [0.15, 0.2) is 29.2 Å². The lowest BCUT2D eigenvalue weighted by Gasteiger charge is -2.25. The average Bonchev–Trinajstić information content (AvgIpc) is 2.64. The van der Waals surface area contributed by atoms with Crippen LogP contribution < -0.4 is 15.6 Å². The predicted octanol–water partition coefficient (Wildman–Crippen LogP) is 2.79. The number of aromatic nitrogens is 2. The zero-order valence-corrected chi connectivity index (χ0v) is 14.7. The van der Waals surface area contributed by atoms with E-state index in [-0.39, 0.29) is 11.1 Å². The summed E-state index contributed by atoms with van der Waals surface area (Å²) >= 11 is 0. The van der Waals surface area contributed by atoms with Crippen molar-refractivity contribution in [3.05, 3.63) is 51.6 Å². The summed E-state index contributed by atoms with van der Waals surface area (Å²) in [6, 6.07) is 5.23. The molecule has 0 saturated heterocycles. The van der Waals surface area contributed by atoms with Gasteiger partial charge in [-0.15, -0.1) is 0 Å². The Bertz CT molecular complexity index is 828. The molecule has 6 heteroatoms. The first-order valence-corrected chi connectivity index (χ1v) is 8.72. The molecule has 1 amide bonds. The molecule has 1 aliphatic carbocycles. The molecular formula is C19H23N3O3. The molecule has 2 heterocycles. The van der Waals surface area contributed by atoms with Gasteiger partial charge < -0.3 is 14.6 Å². The second kappa shape index (κ2) is 7.51. The number of nitrogens with one attached hydrogen (secondary N) is 1. The van der Waals surface area contributed by atoms with Gasteiger partial charge >= 0.3 is 0 Å². The molecule has 1 aliphatic rings. The smallest absolute Gasteiger partial charge is 0.267 e. The number of pyridine rings is 2. The van der Waals surface area contributed by atoms with Gasteiger partial charge in [-0.2, -0.15) is 0 Å². The number of rotatable bonds is 5. The molecular weight excluding hydrogens is 318 g/mol. The monoisotopic (exact) mass is 341 g/mol. The minimum atomic E-state index is -0.473. The fraction of sp³-hybridized carbons (Fsp3) is 0.421. The standard InChI is InChI=1S/C19H23N3O3/c1-3-12-22-14-9-5-4-8-13(14)17(25-2)16(19(22)24)18(23)21-15-10-6-7-11-20-15/h6-7,10-11H,3-5,8-9,12H2,1-2H3,(H,20,21,23). The topological polar surface area (TPSA) is 73.2 Å². The van der Waals surface area contributed by atoms with Gasteiger partial charge in [-0.25, -0.2) is 4.98 Å². The number of ether oxygens (including phenoxy) is 1. The maximum Gasteiger partial charge on any atom is 0.267 e. The van der Waals surface area contributed by atoms with E-state index in [1.165, 1.54) is 7.11 Å². The van der Waals surface area contributed by atoms with Crippen molar-refractivity contribution in [1.29, 1.82) is 0 Å². The van der Waals surface area contributed by atoms with E-state index in [1.54, 1.807) is 29.0 Å². The molecule has 0 aliphatic heterocycles. The van der Waals surface area contributed by atoms with Crippen LogP contribution in [0, 0.1) is 0 Å². The number of fused-ring (bicyclic) bond motifs is 1. The van der Waals surface area contributed by atoms with Crippen molar-refractivity contribution in [2.45, 2.75) is 45.6 Å². The fourth-order valence-corrected chi connectivity index (χ4v) is 3.44. The zero-order chi connectivity index (χ0) is 17.8. The molecule has 0 bridgehead atoms. The lowest BCUT2D eigenvalue weighted by atomic mass is 9.92. The molecule has 0 saturated carbocycles. The molecule has 1 N–H and O–H groups in total. The highest BCUT2D eigenvalue weighted by Gasteiger charge is 2.28. The first-order valence-electron chi connectivity index (χ1n) is 8.72. The number of hydrogen-bond acceptors (Lipinski definition) is 4. The van der Waals surface area contributed by atoms with E-state index in [4.69, 9.17) is 4.74 Å². The summed E-state index contributed by atoms with van der Waals surface area (Å²) in [5, 5.41) is 2.71. The minimum Gasteiger partial charge on any atom is -0.495 e. The number of methoxy groups -OCH3 is 1. The lowest BCUT2D eigenvalue weighted by molar-refractivity contribution is 0.102. The SMILES string of the molecule is CCCn1c2c(c(OC)c(C(=O)Nc3ccccn3)c1=O)CCCC2. The normalized spacial score (nSPS) is 13.2. The number of anilines is 1. The van der Waals surface area contributed by atoms with E-state index in [0.717, 1.165) is 43.4 Å². The molecule has 25 heavy (non-hydrogen) atoms. The molecule has 0 spiro atoms. The second-order valence-electron chi connectivity index (χ2n) is 6.17. The largest absolute Gasteiger partial charge is 0.495 e. The van der Waals surface area contributed by atoms with Crippen LogP contribution in [0.3, 0.4) is 0 Å². The third-order valence-corrected chi connectivity index (χ3v) is 4.51. The number of amides is 1. The van der Waals surface area contributed by atoms with Crippen LogP contribution in [0.4, 0.5) is 5.82 Å². The van der Waals surface area contributed by atoms with Crippen molar-refractivity contribution in [3.63, 3.8) is 0 Å². The molecule has 3 rings (SSSR count). The Kier molecular flexibility index (Phi) is 5.16. The molecule has 6 nitrogen and oxygen atoms in total. The van der Waals surface area contributed by atoms with Gasteiger partial charge in [0, 0.05) is 24.0 Å². The van der Waals surface area contributed by atoms with Gasteiger partial charge in [0.2, 0.25) is 0 Å². The molecule has 0 unspecified atom stereocenters. The molecule has 132 valence electrons. The summed E-state index contributed by atoms with van der Waals surface area (Å²) in [7, 11) is 1.52. The van der Waals surface area contributed by atoms with E-state index in [0.29, 0.717) is 18.1 Å². The van der Waals surface area contributed by atoms with Crippen LogP contribution in [-0.2, 0) is 19.4 Å². The Balaban J connectivity index is 2.13. The van der Waals surface area contributed by atoms with E-state index in [2.05, 4.69) is 10.3 Å². The molecule has 0 radical (unpaired) electrons. The number of hydrogen-bond donors (Lipinski definition) is 1. The third-order valence-electron chi connectivity index (χ3n) is 4.51. The quantitative estimate of drug-likeness (QED) is 0.907. The Morgan fingerprint density at radius 1 is 1.32 bits per heavy atom. The lowest BCUT2D eigenvalue weighted by Crippen LogP contribution is -2.34. The van der Waals surface area contributed by atoms with Crippen molar-refractivity contribution in [2.24, 2.45) is 0 Å². The Hall–Kier alpha value is -2.63. The maximum atomic E-state index is 13.0. The van der Waals surface area contributed by atoms with Crippen molar-refractivity contribution in [3.8, 4) is 5.75 Å². The van der Waals surface area contributed by atoms with E-state index in [1.807, 2.05) is 6.92 Å². The average molecular weight is 341 g/mol. The predicted molar refractivity (Wildman–Crippen MR) is 96.4 cm³/mol. The van der Waals surface area contributed by atoms with Crippen LogP contribution in [0.5, 0.6) is 5.75 Å². The van der Waals surface area contributed by atoms with E-state index >= 15 is 0 Å². The Morgan fingerprint density at radius 3 is 2.80 bits per heavy atom. The Labute approximate surface area is 146 Å². The van der Waals surface area contributed by atoms with Crippen molar-refractivity contribution in [2.75, 3.05) is 12.4 Å². The van der Waals surface area contributed by atoms with Gasteiger partial charge in [-0.1, -0.05) is 13.0 Å². The molecule has 2 aromatic heterocycles. The van der Waals surface area contributed by atoms with Gasteiger partial charge in [0.1, 0.15) is 17.1 Å². The third kappa shape index (κ3) is 3.29. The highest BCUT2D eigenvalue weighted by molar-refractivity contribution is 6.05. The number of carbonyl (C=O) groups is 1. The molecule has 2 aromatic rings. The van der Waals surface area contributed by atoms with Crippen LogP contribution in [0.1, 0.15) is 47.8 Å². The maximum absolute atomic E-state index is 13.0. The summed E-state index contributed by atoms with van der Waals surface area (Å²) < 4.78 is 7.28. The summed E-state index contributed by atoms with van der Waals surface area (Å²) in [6.45, 7) is 2.63. The van der Waals surface area contributed by atoms with Gasteiger partial charge in [0.15, 0.2) is 0 Å². The summed E-state index contributed by atoms with van der Waals surface area (Å²) in [5.74, 6) is 0.355. The number of nitrogens with zero attached hydrogens (tertiary/aromatic N) is 2. The first-order chi connectivity index (χ1) is 12.2. The van der Waals surface area contributed by atoms with Gasteiger partial charge in [-0.3, -0.25) is 9.59 Å². The summed E-state index contributed by atoms with van der Waals surface area (Å²) in [5.41, 5.74) is 1.80. The van der Waals surface area contributed by atoms with Crippen molar-refractivity contribution in [1.82, 2.24) is 9.55 Å². The van der Waals surface area contributed by atoms with E-state index < -0.39 is 5.91 Å². The van der Waals surface area contributed by atoms with Gasteiger partial charge in [-0.05, 0) is 44.2 Å². The Morgan fingerprint density at radius 2 is 2.12 bits per heavy atom. The van der Waals surface area contributed by atoms with E-state index in [9.17, 15) is 9.59 Å².